The van der Waals surface area contributed by atoms with Crippen LogP contribution in [-0.2, 0) is 0 Å². The summed E-state index contributed by atoms with van der Waals surface area (Å²) in [6.07, 6.45) is 2.86. The Balaban J connectivity index is 2.13. The van der Waals surface area contributed by atoms with Gasteiger partial charge in [-0.3, -0.25) is 0 Å². The first-order chi connectivity index (χ1) is 7.57. The standard InChI is InChI=1S/C12H14F2NO/c1-12(4-2-3-5-15-12)16-11-7-9(13)6-10(14)8-11/h6-8H,2-5H2,1H3. The van der Waals surface area contributed by atoms with Crippen LogP contribution in [0.3, 0.4) is 0 Å². The smallest absolute Gasteiger partial charge is 0.173 e. The van der Waals surface area contributed by atoms with Crippen LogP contribution >= 0.6 is 0 Å². The summed E-state index contributed by atoms with van der Waals surface area (Å²) < 4.78 is 31.5. The Morgan fingerprint density at radius 1 is 1.19 bits per heavy atom. The number of benzene rings is 1. The lowest BCUT2D eigenvalue weighted by molar-refractivity contribution is 0.0208. The van der Waals surface area contributed by atoms with Gasteiger partial charge in [-0.1, -0.05) is 0 Å². The molecule has 4 heteroatoms. The number of halogens is 2. The topological polar surface area (TPSA) is 23.3 Å². The minimum Gasteiger partial charge on any atom is -0.471 e. The average Bonchev–Trinajstić information content (AvgIpc) is 2.15. The molecule has 0 bridgehead atoms. The zero-order chi connectivity index (χ0) is 11.6. The molecular formula is C12H14F2NO. The summed E-state index contributed by atoms with van der Waals surface area (Å²) in [5.74, 6) is -1.06. The van der Waals surface area contributed by atoms with Crippen LogP contribution in [0.4, 0.5) is 8.78 Å². The van der Waals surface area contributed by atoms with Gasteiger partial charge in [0.05, 0.1) is 0 Å². The molecule has 0 N–H and O–H groups in total. The van der Waals surface area contributed by atoms with Gasteiger partial charge in [-0.05, 0) is 19.8 Å². The molecule has 0 aliphatic carbocycles. The van der Waals surface area contributed by atoms with Crippen molar-refractivity contribution >= 4 is 0 Å². The maximum absolute atomic E-state index is 13.0. The summed E-state index contributed by atoms with van der Waals surface area (Å²) in [5, 5.41) is 4.35. The van der Waals surface area contributed by atoms with Crippen LogP contribution in [0.5, 0.6) is 5.75 Å². The highest BCUT2D eigenvalue weighted by Crippen LogP contribution is 2.26. The van der Waals surface area contributed by atoms with E-state index in [0.717, 1.165) is 31.9 Å². The van der Waals surface area contributed by atoms with Crippen LogP contribution in [-0.4, -0.2) is 12.3 Å². The molecule has 0 saturated carbocycles. The van der Waals surface area contributed by atoms with E-state index in [4.69, 9.17) is 4.74 Å². The molecule has 16 heavy (non-hydrogen) atoms. The third-order valence-electron chi connectivity index (χ3n) is 2.67. The molecular weight excluding hydrogens is 212 g/mol. The highest BCUT2D eigenvalue weighted by atomic mass is 19.1. The second-order valence-corrected chi connectivity index (χ2v) is 4.22. The van der Waals surface area contributed by atoms with Gasteiger partial charge in [-0.2, -0.15) is 5.32 Å². The molecule has 1 unspecified atom stereocenters. The van der Waals surface area contributed by atoms with E-state index in [-0.39, 0.29) is 5.75 Å². The molecule has 0 amide bonds. The van der Waals surface area contributed by atoms with Crippen molar-refractivity contribution in [1.29, 1.82) is 0 Å². The van der Waals surface area contributed by atoms with Gasteiger partial charge in [0.15, 0.2) is 5.72 Å². The second-order valence-electron chi connectivity index (χ2n) is 4.22. The number of piperidine rings is 1. The predicted octanol–water partition coefficient (Wildman–Crippen LogP) is 2.85. The lowest BCUT2D eigenvalue weighted by Crippen LogP contribution is -2.45. The fraction of sp³-hybridized carbons (Fsp3) is 0.500. The minimum absolute atomic E-state index is 0.200. The normalized spacial score (nSPS) is 25.4. The average molecular weight is 226 g/mol. The summed E-state index contributed by atoms with van der Waals surface area (Å²) in [6, 6.07) is 3.18. The number of ether oxygens (including phenoxy) is 1. The summed E-state index contributed by atoms with van der Waals surface area (Å²) in [4.78, 5) is 0. The summed E-state index contributed by atoms with van der Waals surface area (Å²) >= 11 is 0. The SMILES string of the molecule is CC1(Oc2cc(F)cc(F)c2)CCCC[N]1. The molecule has 1 saturated heterocycles. The van der Waals surface area contributed by atoms with Crippen molar-refractivity contribution in [2.24, 2.45) is 0 Å². The molecule has 1 heterocycles. The van der Waals surface area contributed by atoms with E-state index in [1.165, 1.54) is 12.1 Å². The fourth-order valence-electron chi connectivity index (χ4n) is 1.88. The monoisotopic (exact) mass is 226 g/mol. The Morgan fingerprint density at radius 2 is 1.88 bits per heavy atom. The van der Waals surface area contributed by atoms with Gasteiger partial charge in [0.25, 0.3) is 0 Å². The lowest BCUT2D eigenvalue weighted by atomic mass is 10.0. The Kier molecular flexibility index (Phi) is 3.10. The van der Waals surface area contributed by atoms with Crippen molar-refractivity contribution in [3.63, 3.8) is 0 Å². The molecule has 0 aromatic heterocycles. The van der Waals surface area contributed by atoms with Crippen LogP contribution in [0.15, 0.2) is 18.2 Å². The van der Waals surface area contributed by atoms with Crippen LogP contribution in [0.2, 0.25) is 0 Å². The number of nitrogens with zero attached hydrogens (tertiary/aromatic N) is 1. The van der Waals surface area contributed by atoms with Gasteiger partial charge >= 0.3 is 0 Å². The van der Waals surface area contributed by atoms with Gasteiger partial charge in [0.2, 0.25) is 0 Å². The predicted molar refractivity (Wildman–Crippen MR) is 56.2 cm³/mol. The van der Waals surface area contributed by atoms with E-state index in [1.807, 2.05) is 6.92 Å². The zero-order valence-corrected chi connectivity index (χ0v) is 9.17. The molecule has 1 aromatic rings. The van der Waals surface area contributed by atoms with Gasteiger partial charge in [0.1, 0.15) is 17.4 Å². The maximum atomic E-state index is 13.0. The zero-order valence-electron chi connectivity index (χ0n) is 9.17. The van der Waals surface area contributed by atoms with Crippen LogP contribution in [0, 0.1) is 11.6 Å². The van der Waals surface area contributed by atoms with Crippen molar-refractivity contribution in [3.05, 3.63) is 29.8 Å². The molecule has 87 valence electrons. The summed E-state index contributed by atoms with van der Waals surface area (Å²) in [6.45, 7) is 2.59. The van der Waals surface area contributed by atoms with Crippen molar-refractivity contribution in [2.45, 2.75) is 31.9 Å². The third kappa shape index (κ3) is 2.70. The van der Waals surface area contributed by atoms with Crippen LogP contribution < -0.4 is 10.1 Å². The Morgan fingerprint density at radius 3 is 2.44 bits per heavy atom. The largest absolute Gasteiger partial charge is 0.471 e. The van der Waals surface area contributed by atoms with Crippen molar-refractivity contribution in [2.75, 3.05) is 6.54 Å². The number of rotatable bonds is 2. The van der Waals surface area contributed by atoms with Gasteiger partial charge in [-0.25, -0.2) is 8.78 Å². The summed E-state index contributed by atoms with van der Waals surface area (Å²) in [7, 11) is 0. The van der Waals surface area contributed by atoms with E-state index in [9.17, 15) is 8.78 Å². The molecule has 2 nitrogen and oxygen atoms in total. The quantitative estimate of drug-likeness (QED) is 0.760. The lowest BCUT2D eigenvalue weighted by Gasteiger charge is -2.33. The first kappa shape index (κ1) is 11.3. The minimum atomic E-state index is -0.640. The second kappa shape index (κ2) is 4.37. The molecule has 1 aliphatic rings. The van der Waals surface area contributed by atoms with Crippen LogP contribution in [0.25, 0.3) is 0 Å². The molecule has 1 aromatic carbocycles. The molecule has 0 spiro atoms. The molecule has 1 atom stereocenters. The van der Waals surface area contributed by atoms with E-state index >= 15 is 0 Å². The van der Waals surface area contributed by atoms with E-state index in [2.05, 4.69) is 5.32 Å². The maximum Gasteiger partial charge on any atom is 0.173 e. The van der Waals surface area contributed by atoms with E-state index in [0.29, 0.717) is 0 Å². The molecule has 1 aliphatic heterocycles. The Bertz CT molecular complexity index is 355. The molecule has 1 radical (unpaired) electrons. The number of hydrogen-bond acceptors (Lipinski definition) is 1. The van der Waals surface area contributed by atoms with E-state index < -0.39 is 17.4 Å². The van der Waals surface area contributed by atoms with Crippen molar-refractivity contribution < 1.29 is 13.5 Å². The van der Waals surface area contributed by atoms with E-state index in [1.54, 1.807) is 0 Å². The third-order valence-corrected chi connectivity index (χ3v) is 2.67. The number of hydrogen-bond donors (Lipinski definition) is 0. The first-order valence-corrected chi connectivity index (χ1v) is 5.41. The Labute approximate surface area is 93.6 Å². The highest BCUT2D eigenvalue weighted by Gasteiger charge is 2.29. The van der Waals surface area contributed by atoms with Gasteiger partial charge < -0.3 is 4.74 Å². The van der Waals surface area contributed by atoms with Crippen LogP contribution in [0.1, 0.15) is 26.2 Å². The van der Waals surface area contributed by atoms with Crippen molar-refractivity contribution in [3.8, 4) is 5.75 Å². The van der Waals surface area contributed by atoms with Crippen molar-refractivity contribution in [1.82, 2.24) is 5.32 Å². The summed E-state index contributed by atoms with van der Waals surface area (Å²) in [5.41, 5.74) is -0.640. The molecule has 1 fully saturated rings. The molecule has 2 rings (SSSR count). The fourth-order valence-corrected chi connectivity index (χ4v) is 1.88. The van der Waals surface area contributed by atoms with Gasteiger partial charge in [-0.15, -0.1) is 0 Å². The highest BCUT2D eigenvalue weighted by molar-refractivity contribution is 5.24. The Hall–Kier alpha value is -1.16. The first-order valence-electron chi connectivity index (χ1n) is 5.41. The van der Waals surface area contributed by atoms with Gasteiger partial charge in [0, 0.05) is 31.2 Å².